The van der Waals surface area contributed by atoms with E-state index in [4.69, 9.17) is 11.5 Å². The number of carbonyl (C=O) groups is 1. The molecule has 7 N–H and O–H groups in total. The minimum atomic E-state index is -4.10. The Morgan fingerprint density at radius 3 is 2.05 bits per heavy atom. The minimum absolute atomic E-state index is 0.0296. The van der Waals surface area contributed by atoms with E-state index in [2.05, 4.69) is 88.1 Å². The number of anilines is 1. The summed E-state index contributed by atoms with van der Waals surface area (Å²) >= 11 is 0. The first-order valence-corrected chi connectivity index (χ1v) is 17.1. The number of hydrogen-bond donors (Lipinski definition) is 5. The number of nitrogens with one attached hydrogen (secondary N) is 3. The van der Waals surface area contributed by atoms with E-state index in [0.717, 1.165) is 0 Å². The molecule has 2 unspecified atom stereocenters. The lowest BCUT2D eigenvalue weighted by Gasteiger charge is -2.50. The molecule has 246 valence electrons. The van der Waals surface area contributed by atoms with Crippen LogP contribution in [0.5, 0.6) is 0 Å². The van der Waals surface area contributed by atoms with Crippen LogP contribution in [0.4, 0.5) is 5.69 Å². The van der Waals surface area contributed by atoms with Crippen LogP contribution in [-0.4, -0.2) is 46.5 Å². The largest absolute Gasteiger partial charge is 0.399 e. The summed E-state index contributed by atoms with van der Waals surface area (Å²) in [5.41, 5.74) is 15.2. The van der Waals surface area contributed by atoms with Gasteiger partial charge in [0, 0.05) is 34.8 Å². The normalized spacial score (nSPS) is 16.7. The van der Waals surface area contributed by atoms with Crippen molar-refractivity contribution in [1.29, 1.82) is 0 Å². The van der Waals surface area contributed by atoms with E-state index in [1.54, 1.807) is 13.0 Å². The standard InChI is InChI=1S/C35H57N5O3S/c1-12-24-21-26(36)18-19-28(24)44(42,43)40-33(41)23(4)20-27(22(2)3)31(38-10)29(34(5,6)7)30(37)32(39-11)35(8,9)25-16-14-13-15-17-25/h13-22,27,29-32,38-39H,12,36-37H2,1-11H3,(H,40,41)/b23-20+/t27-,29-,30?,31?,32-/m1/s1. The van der Waals surface area contributed by atoms with Crippen LogP contribution in [0.15, 0.2) is 65.1 Å². The van der Waals surface area contributed by atoms with Crippen molar-refractivity contribution in [3.63, 3.8) is 0 Å². The van der Waals surface area contributed by atoms with E-state index in [0.29, 0.717) is 23.2 Å². The quantitative estimate of drug-likeness (QED) is 0.147. The molecule has 0 spiro atoms. The fraction of sp³-hybridized carbons (Fsp3) is 0.571. The molecule has 0 aliphatic carbocycles. The number of rotatable bonds is 14. The van der Waals surface area contributed by atoms with Crippen molar-refractivity contribution < 1.29 is 13.2 Å². The minimum Gasteiger partial charge on any atom is -0.399 e. The molecule has 5 atom stereocenters. The van der Waals surface area contributed by atoms with Gasteiger partial charge in [0.1, 0.15) is 0 Å². The van der Waals surface area contributed by atoms with Crippen molar-refractivity contribution in [3.05, 3.63) is 71.3 Å². The summed E-state index contributed by atoms with van der Waals surface area (Å²) in [6, 6.07) is 14.6. The Kier molecular flexibility index (Phi) is 12.8. The fourth-order valence-corrected chi connectivity index (χ4v) is 8.04. The lowest BCUT2D eigenvalue weighted by Crippen LogP contribution is -2.64. The van der Waals surface area contributed by atoms with Crippen LogP contribution in [0, 0.1) is 23.2 Å². The molecule has 0 aromatic heterocycles. The first-order valence-electron chi connectivity index (χ1n) is 15.6. The lowest BCUT2D eigenvalue weighted by molar-refractivity contribution is -0.115. The van der Waals surface area contributed by atoms with Crippen LogP contribution >= 0.6 is 0 Å². The summed E-state index contributed by atoms with van der Waals surface area (Å²) in [5.74, 6) is -0.677. The predicted molar refractivity (Wildman–Crippen MR) is 184 cm³/mol. The summed E-state index contributed by atoms with van der Waals surface area (Å²) in [5, 5.41) is 7.11. The second kappa shape index (κ2) is 15.0. The molecular formula is C35H57N5O3S. The molecule has 0 fully saturated rings. The number of aryl methyl sites for hydroxylation is 1. The van der Waals surface area contributed by atoms with Crippen LogP contribution < -0.4 is 26.8 Å². The molecule has 2 aromatic rings. The number of nitrogens with two attached hydrogens (primary N) is 2. The molecule has 0 aliphatic rings. The third-order valence-electron chi connectivity index (χ3n) is 9.09. The molecule has 0 radical (unpaired) electrons. The zero-order chi connectivity index (χ0) is 33.6. The van der Waals surface area contributed by atoms with Gasteiger partial charge in [0.2, 0.25) is 0 Å². The van der Waals surface area contributed by atoms with Crippen molar-refractivity contribution in [1.82, 2.24) is 15.4 Å². The summed E-state index contributed by atoms with van der Waals surface area (Å²) in [6.07, 6.45) is 2.37. The lowest BCUT2D eigenvalue weighted by atomic mass is 9.62. The number of nitrogen functional groups attached to an aromatic ring is 1. The van der Waals surface area contributed by atoms with E-state index in [1.165, 1.54) is 17.7 Å². The Hall–Kier alpha value is -2.72. The number of sulfonamides is 1. The molecular weight excluding hydrogens is 570 g/mol. The highest BCUT2D eigenvalue weighted by atomic mass is 32.2. The topological polar surface area (TPSA) is 139 Å². The van der Waals surface area contributed by atoms with E-state index in [9.17, 15) is 13.2 Å². The number of likely N-dealkylation sites (N-methyl/N-ethyl adjacent to an activating group) is 1. The van der Waals surface area contributed by atoms with E-state index < -0.39 is 15.9 Å². The number of hydrogen-bond acceptors (Lipinski definition) is 7. The summed E-state index contributed by atoms with van der Waals surface area (Å²) in [6.45, 7) is 18.8. The second-order valence-corrected chi connectivity index (χ2v) is 15.6. The van der Waals surface area contributed by atoms with Crippen molar-refractivity contribution >= 4 is 21.6 Å². The van der Waals surface area contributed by atoms with Gasteiger partial charge < -0.3 is 22.1 Å². The van der Waals surface area contributed by atoms with Crippen LogP contribution in [-0.2, 0) is 26.7 Å². The first kappa shape index (κ1) is 37.5. The summed E-state index contributed by atoms with van der Waals surface area (Å²) in [7, 11) is -0.201. The maximum absolute atomic E-state index is 13.4. The Morgan fingerprint density at radius 2 is 1.57 bits per heavy atom. The van der Waals surface area contributed by atoms with Gasteiger partial charge in [0.15, 0.2) is 0 Å². The Morgan fingerprint density at radius 1 is 0.977 bits per heavy atom. The number of carbonyl (C=O) groups excluding carboxylic acids is 1. The molecule has 44 heavy (non-hydrogen) atoms. The average Bonchev–Trinajstić information content (AvgIpc) is 2.93. The molecule has 1 amide bonds. The molecule has 2 aromatic carbocycles. The van der Waals surface area contributed by atoms with Crippen LogP contribution in [0.1, 0.15) is 73.4 Å². The highest BCUT2D eigenvalue weighted by molar-refractivity contribution is 7.90. The average molecular weight is 628 g/mol. The van der Waals surface area contributed by atoms with Crippen molar-refractivity contribution in [3.8, 4) is 0 Å². The smallest absolute Gasteiger partial charge is 0.264 e. The van der Waals surface area contributed by atoms with Crippen LogP contribution in [0.3, 0.4) is 0 Å². The number of amides is 1. The third kappa shape index (κ3) is 8.71. The van der Waals surface area contributed by atoms with Gasteiger partial charge in [0.25, 0.3) is 15.9 Å². The van der Waals surface area contributed by atoms with E-state index >= 15 is 0 Å². The van der Waals surface area contributed by atoms with Gasteiger partial charge in [-0.1, -0.05) is 91.8 Å². The summed E-state index contributed by atoms with van der Waals surface area (Å²) in [4.78, 5) is 13.4. The van der Waals surface area contributed by atoms with E-state index in [1.807, 2.05) is 33.2 Å². The predicted octanol–water partition coefficient (Wildman–Crippen LogP) is 5.00. The second-order valence-electron chi connectivity index (χ2n) is 14.0. The molecule has 0 saturated heterocycles. The maximum atomic E-state index is 13.4. The Labute approximate surface area is 266 Å². The van der Waals surface area contributed by atoms with Gasteiger partial charge in [-0.3, -0.25) is 4.79 Å². The Balaban J connectivity index is 2.51. The zero-order valence-electron chi connectivity index (χ0n) is 28.7. The fourth-order valence-electron chi connectivity index (χ4n) is 6.73. The van der Waals surface area contributed by atoms with E-state index in [-0.39, 0.29) is 51.6 Å². The Bertz CT molecular complexity index is 1380. The highest BCUT2D eigenvalue weighted by Gasteiger charge is 2.46. The van der Waals surface area contributed by atoms with Crippen molar-refractivity contribution in [2.24, 2.45) is 28.9 Å². The molecule has 0 saturated carbocycles. The third-order valence-corrected chi connectivity index (χ3v) is 10.5. The van der Waals surface area contributed by atoms with Crippen molar-refractivity contribution in [2.75, 3.05) is 19.8 Å². The SMILES string of the molecule is CCc1cc(N)ccc1S(=O)(=O)NC(=O)/C(C)=C/[C@H](C(C)C)C(NC)[C@@H](C(N)[C@@H](NC)C(C)(C)c1ccccc1)C(C)(C)C. The zero-order valence-corrected chi connectivity index (χ0v) is 29.5. The van der Waals surface area contributed by atoms with Crippen LogP contribution in [0.2, 0.25) is 0 Å². The molecule has 0 heterocycles. The van der Waals surface area contributed by atoms with Gasteiger partial charge in [0.05, 0.1) is 4.90 Å². The molecule has 0 aliphatic heterocycles. The molecule has 0 bridgehead atoms. The molecule has 2 rings (SSSR count). The van der Waals surface area contributed by atoms with Gasteiger partial charge in [-0.15, -0.1) is 0 Å². The van der Waals surface area contributed by atoms with Crippen LogP contribution in [0.25, 0.3) is 0 Å². The van der Waals surface area contributed by atoms with Crippen molar-refractivity contribution in [2.45, 2.75) is 97.2 Å². The summed E-state index contributed by atoms with van der Waals surface area (Å²) < 4.78 is 28.8. The van der Waals surface area contributed by atoms with Gasteiger partial charge in [-0.05, 0) is 79.9 Å². The first-order chi connectivity index (χ1) is 20.3. The number of benzene rings is 2. The highest BCUT2D eigenvalue weighted by Crippen LogP contribution is 2.40. The van der Waals surface area contributed by atoms with Gasteiger partial charge >= 0.3 is 0 Å². The maximum Gasteiger partial charge on any atom is 0.264 e. The van der Waals surface area contributed by atoms with Gasteiger partial charge in [-0.2, -0.15) is 0 Å². The molecule has 9 heteroatoms. The van der Waals surface area contributed by atoms with Gasteiger partial charge in [-0.25, -0.2) is 13.1 Å². The monoisotopic (exact) mass is 627 g/mol. The molecule has 8 nitrogen and oxygen atoms in total.